The molecule has 6 unspecified atom stereocenters. The zero-order chi connectivity index (χ0) is 21.5. The van der Waals surface area contributed by atoms with Crippen LogP contribution in [0, 0.1) is 0 Å². The highest BCUT2D eigenvalue weighted by atomic mass is 31.2. The molecule has 28 heavy (non-hydrogen) atoms. The van der Waals surface area contributed by atoms with Gasteiger partial charge in [-0.1, -0.05) is 13.8 Å². The fraction of sp³-hybridized carbons (Fsp3) is 1.00. The average molecular weight is 429 g/mol. The summed E-state index contributed by atoms with van der Waals surface area (Å²) in [6, 6.07) is -0.835. The summed E-state index contributed by atoms with van der Waals surface area (Å²) in [6.07, 6.45) is -3.93. The van der Waals surface area contributed by atoms with E-state index in [-0.39, 0.29) is 25.4 Å². The molecule has 0 bridgehead atoms. The van der Waals surface area contributed by atoms with Crippen molar-refractivity contribution in [2.75, 3.05) is 33.0 Å². The van der Waals surface area contributed by atoms with Crippen LogP contribution in [-0.2, 0) is 28.0 Å². The highest BCUT2D eigenvalue weighted by Gasteiger charge is 2.44. The molecule has 11 heteroatoms. The van der Waals surface area contributed by atoms with E-state index in [9.17, 15) is 19.7 Å². The van der Waals surface area contributed by atoms with Crippen molar-refractivity contribution in [3.8, 4) is 0 Å². The maximum atomic E-state index is 11.8. The Labute approximate surface area is 166 Å². The van der Waals surface area contributed by atoms with E-state index in [0.29, 0.717) is 6.61 Å². The van der Waals surface area contributed by atoms with Crippen LogP contribution in [0.15, 0.2) is 0 Å². The van der Waals surface area contributed by atoms with Crippen molar-refractivity contribution in [2.45, 2.75) is 76.5 Å². The van der Waals surface area contributed by atoms with Crippen molar-refractivity contribution >= 4 is 7.60 Å². The Morgan fingerprint density at radius 3 is 2.29 bits per heavy atom. The van der Waals surface area contributed by atoms with Gasteiger partial charge in [0.1, 0.15) is 18.3 Å². The van der Waals surface area contributed by atoms with Crippen molar-refractivity contribution in [1.29, 1.82) is 0 Å². The summed E-state index contributed by atoms with van der Waals surface area (Å²) in [5.74, 6) is 0. The summed E-state index contributed by atoms with van der Waals surface area (Å²) in [7, 11) is -3.70. The second kappa shape index (κ2) is 11.3. The molecule has 1 aliphatic heterocycles. The number of ether oxygens (including phenoxy) is 4. The molecule has 0 aliphatic carbocycles. The maximum Gasteiger partial charge on any atom is 0.330 e. The van der Waals surface area contributed by atoms with Crippen LogP contribution < -0.4 is 5.73 Å². The molecule has 0 aromatic heterocycles. The summed E-state index contributed by atoms with van der Waals surface area (Å²) < 4.78 is 39.0. The van der Waals surface area contributed by atoms with E-state index in [1.165, 1.54) is 0 Å². The van der Waals surface area contributed by atoms with E-state index in [2.05, 4.69) is 0 Å². The van der Waals surface area contributed by atoms with Crippen molar-refractivity contribution in [3.05, 3.63) is 0 Å². The SMILES string of the molecule is CC(C)P(=O)(O)OCCOC1C(N)C(OCCOC(C)(C)C)OC(CO)C1O. The molecule has 5 N–H and O–H groups in total. The molecule has 6 atom stereocenters. The molecule has 1 aliphatic rings. The molecule has 0 aromatic carbocycles. The molecule has 168 valence electrons. The first-order valence-corrected chi connectivity index (χ1v) is 11.1. The summed E-state index contributed by atoms with van der Waals surface area (Å²) in [5, 5.41) is 19.8. The van der Waals surface area contributed by atoms with Crippen LogP contribution >= 0.6 is 7.60 Å². The minimum absolute atomic E-state index is 0.0648. The lowest BCUT2D eigenvalue weighted by molar-refractivity contribution is -0.275. The van der Waals surface area contributed by atoms with Crippen LogP contribution in [0.1, 0.15) is 34.6 Å². The van der Waals surface area contributed by atoms with Crippen molar-refractivity contribution in [3.63, 3.8) is 0 Å². The Morgan fingerprint density at radius 1 is 1.14 bits per heavy atom. The Hall–Kier alpha value is -0.130. The molecule has 1 fully saturated rings. The Kier molecular flexibility index (Phi) is 10.5. The zero-order valence-electron chi connectivity index (χ0n) is 17.3. The molecule has 1 heterocycles. The van der Waals surface area contributed by atoms with Gasteiger partial charge in [0.2, 0.25) is 0 Å². The number of hydrogen-bond acceptors (Lipinski definition) is 9. The van der Waals surface area contributed by atoms with Gasteiger partial charge in [-0.3, -0.25) is 4.57 Å². The zero-order valence-corrected chi connectivity index (χ0v) is 18.2. The van der Waals surface area contributed by atoms with E-state index >= 15 is 0 Å². The first-order chi connectivity index (χ1) is 12.9. The minimum atomic E-state index is -3.70. The number of aliphatic hydroxyl groups excluding tert-OH is 2. The highest BCUT2D eigenvalue weighted by molar-refractivity contribution is 7.53. The largest absolute Gasteiger partial charge is 0.394 e. The third kappa shape index (κ3) is 8.31. The first kappa shape index (κ1) is 25.9. The Balaban J connectivity index is 2.56. The van der Waals surface area contributed by atoms with Crippen LogP contribution in [0.25, 0.3) is 0 Å². The molecule has 0 saturated carbocycles. The predicted molar refractivity (Wildman–Crippen MR) is 102 cm³/mol. The van der Waals surface area contributed by atoms with Gasteiger partial charge in [-0.25, -0.2) is 0 Å². The lowest BCUT2D eigenvalue weighted by Crippen LogP contribution is -2.63. The first-order valence-electron chi connectivity index (χ1n) is 9.43. The van der Waals surface area contributed by atoms with Gasteiger partial charge in [-0.15, -0.1) is 0 Å². The molecular formula is C17H36NO9P. The second-order valence-corrected chi connectivity index (χ2v) is 10.4. The minimum Gasteiger partial charge on any atom is -0.394 e. The van der Waals surface area contributed by atoms with Crippen LogP contribution in [0.3, 0.4) is 0 Å². The van der Waals surface area contributed by atoms with E-state index < -0.39 is 50.5 Å². The maximum absolute atomic E-state index is 11.8. The van der Waals surface area contributed by atoms with Crippen molar-refractivity contribution in [1.82, 2.24) is 0 Å². The number of rotatable bonds is 11. The van der Waals surface area contributed by atoms with Crippen LogP contribution in [0.5, 0.6) is 0 Å². The topological polar surface area (TPSA) is 150 Å². The van der Waals surface area contributed by atoms with Crippen LogP contribution in [-0.4, -0.2) is 90.0 Å². The van der Waals surface area contributed by atoms with E-state index in [1.54, 1.807) is 13.8 Å². The van der Waals surface area contributed by atoms with Crippen molar-refractivity contribution in [2.24, 2.45) is 5.73 Å². The van der Waals surface area contributed by atoms with E-state index in [1.807, 2.05) is 20.8 Å². The average Bonchev–Trinajstić information content (AvgIpc) is 2.58. The predicted octanol–water partition coefficient (Wildman–Crippen LogP) is 0.219. The van der Waals surface area contributed by atoms with Gasteiger partial charge in [0, 0.05) is 0 Å². The normalized spacial score (nSPS) is 31.1. The van der Waals surface area contributed by atoms with Gasteiger partial charge >= 0.3 is 7.60 Å². The summed E-state index contributed by atoms with van der Waals surface area (Å²) >= 11 is 0. The van der Waals surface area contributed by atoms with Gasteiger partial charge in [0.05, 0.1) is 50.3 Å². The van der Waals surface area contributed by atoms with Gasteiger partial charge in [0.25, 0.3) is 0 Å². The standard InChI is InChI=1S/C17H36NO9P/c1-11(2)28(21,22)26-9-7-23-15-13(18)16(27-12(10-19)14(15)20)24-6-8-25-17(3,4)5/h11-16,19-20H,6-10,18H2,1-5H3,(H,21,22). The molecule has 0 aromatic rings. The summed E-state index contributed by atoms with van der Waals surface area (Å²) in [4.78, 5) is 9.65. The number of aliphatic hydroxyl groups is 2. The van der Waals surface area contributed by atoms with E-state index in [0.717, 1.165) is 0 Å². The van der Waals surface area contributed by atoms with Gasteiger partial charge in [-0.05, 0) is 20.8 Å². The number of nitrogens with two attached hydrogens (primary N) is 1. The smallest absolute Gasteiger partial charge is 0.330 e. The lowest BCUT2D eigenvalue weighted by atomic mass is 9.97. The fourth-order valence-corrected chi connectivity index (χ4v) is 3.10. The highest BCUT2D eigenvalue weighted by Crippen LogP contribution is 2.46. The molecule has 1 saturated heterocycles. The van der Waals surface area contributed by atoms with Gasteiger partial charge < -0.3 is 44.3 Å². The monoisotopic (exact) mass is 429 g/mol. The third-order valence-corrected chi connectivity index (χ3v) is 5.98. The second-order valence-electron chi connectivity index (χ2n) is 7.95. The third-order valence-electron chi connectivity index (χ3n) is 4.12. The summed E-state index contributed by atoms with van der Waals surface area (Å²) in [5.41, 5.74) is 5.27. The number of hydrogen-bond donors (Lipinski definition) is 4. The summed E-state index contributed by atoms with van der Waals surface area (Å²) in [6.45, 7) is 8.81. The van der Waals surface area contributed by atoms with E-state index in [4.69, 9.17) is 29.2 Å². The Morgan fingerprint density at radius 2 is 1.75 bits per heavy atom. The molecule has 0 amide bonds. The molecule has 0 radical (unpaired) electrons. The molecule has 1 rings (SSSR count). The Bertz CT molecular complexity index is 500. The molecule has 10 nitrogen and oxygen atoms in total. The van der Waals surface area contributed by atoms with Crippen molar-refractivity contribution < 1.29 is 43.1 Å². The van der Waals surface area contributed by atoms with Gasteiger partial charge in [0.15, 0.2) is 6.29 Å². The lowest BCUT2D eigenvalue weighted by Gasteiger charge is -2.42. The molecule has 0 spiro atoms. The molecular weight excluding hydrogens is 393 g/mol. The quantitative estimate of drug-likeness (QED) is 0.265. The van der Waals surface area contributed by atoms with Crippen LogP contribution in [0.4, 0.5) is 0 Å². The fourth-order valence-electron chi connectivity index (χ4n) is 2.46. The van der Waals surface area contributed by atoms with Crippen LogP contribution in [0.2, 0.25) is 0 Å². The van der Waals surface area contributed by atoms with Gasteiger partial charge in [-0.2, -0.15) is 0 Å².